The van der Waals surface area contributed by atoms with Gasteiger partial charge in [-0.05, 0) is 36.9 Å². The van der Waals surface area contributed by atoms with Crippen LogP contribution in [0.3, 0.4) is 0 Å². The summed E-state index contributed by atoms with van der Waals surface area (Å²) in [6.45, 7) is 1.50. The Bertz CT molecular complexity index is 1060. The van der Waals surface area contributed by atoms with Crippen LogP contribution >= 0.6 is 11.6 Å². The van der Waals surface area contributed by atoms with E-state index in [0.29, 0.717) is 5.02 Å². The van der Waals surface area contributed by atoms with Crippen LogP contribution in [0.25, 0.3) is 22.5 Å². The van der Waals surface area contributed by atoms with Gasteiger partial charge in [0.1, 0.15) is 12.0 Å². The number of hydrogen-bond acceptors (Lipinski definition) is 4. The van der Waals surface area contributed by atoms with E-state index < -0.39 is 9.71 Å². The van der Waals surface area contributed by atoms with Crippen LogP contribution in [0.1, 0.15) is 24.5 Å². The van der Waals surface area contributed by atoms with Crippen LogP contribution in [-0.4, -0.2) is 53.9 Å². The van der Waals surface area contributed by atoms with Gasteiger partial charge in [-0.15, -0.1) is 0 Å². The van der Waals surface area contributed by atoms with Gasteiger partial charge in [0.2, 0.25) is 0 Å². The summed E-state index contributed by atoms with van der Waals surface area (Å²) in [6, 6.07) is 9.55. The molecule has 1 atom stereocenters. The molecule has 28 heavy (non-hydrogen) atoms. The molecule has 0 saturated carbocycles. The number of H-pyrrole nitrogens is 1. The molecule has 3 heterocycles. The Morgan fingerprint density at radius 1 is 1.21 bits per heavy atom. The maximum absolute atomic E-state index is 12.3. The van der Waals surface area contributed by atoms with Crippen LogP contribution in [0.5, 0.6) is 0 Å². The molecule has 1 unspecified atom stereocenters. The fourth-order valence-electron chi connectivity index (χ4n) is 3.70. The van der Waals surface area contributed by atoms with E-state index in [2.05, 4.69) is 26.0 Å². The second-order valence-corrected chi connectivity index (χ2v) is 10.00. The van der Waals surface area contributed by atoms with Gasteiger partial charge in [0.05, 0.1) is 5.69 Å². The third kappa shape index (κ3) is 3.83. The molecule has 3 aromatic rings. The van der Waals surface area contributed by atoms with Crippen LogP contribution in [0, 0.1) is 0 Å². The van der Waals surface area contributed by atoms with Crippen molar-refractivity contribution in [3.63, 3.8) is 0 Å². The Balaban J connectivity index is 1.73. The summed E-state index contributed by atoms with van der Waals surface area (Å²) in [6.07, 6.45) is 6.77. The number of benzene rings is 1. The minimum Gasteiger partial charge on any atom is -0.281 e. The first kappa shape index (κ1) is 19.1. The van der Waals surface area contributed by atoms with Crippen molar-refractivity contribution in [2.24, 2.45) is 0 Å². The fourth-order valence-corrected chi connectivity index (χ4v) is 4.81. The van der Waals surface area contributed by atoms with Crippen LogP contribution < -0.4 is 0 Å². The number of halogens is 1. The topological polar surface area (TPSA) is 74.8 Å². The molecular formula is C20H22ClN5OS. The fraction of sp³-hybridized carbons (Fsp3) is 0.300. The highest BCUT2D eigenvalue weighted by Gasteiger charge is 2.29. The second-order valence-electron chi connectivity index (χ2n) is 7.13. The predicted molar refractivity (Wildman–Crippen MR) is 115 cm³/mol. The van der Waals surface area contributed by atoms with Crippen molar-refractivity contribution < 1.29 is 4.21 Å². The first-order valence-electron chi connectivity index (χ1n) is 9.11. The third-order valence-electron chi connectivity index (χ3n) is 5.16. The van der Waals surface area contributed by atoms with Crippen molar-refractivity contribution in [3.05, 3.63) is 53.6 Å². The highest BCUT2D eigenvalue weighted by molar-refractivity contribution is 7.97. The molecule has 1 N–H and O–H groups in total. The number of aromatic nitrogens is 4. The number of piperidine rings is 1. The average molecular weight is 416 g/mol. The molecule has 0 bridgehead atoms. The molecule has 8 heteroatoms. The zero-order chi connectivity index (χ0) is 19.7. The number of aromatic amines is 1. The van der Waals surface area contributed by atoms with Crippen molar-refractivity contribution >= 4 is 27.2 Å². The van der Waals surface area contributed by atoms with Crippen LogP contribution in [-0.2, 0) is 9.71 Å². The Hall–Kier alpha value is -2.22. The summed E-state index contributed by atoms with van der Waals surface area (Å²) in [5, 5.41) is 8.57. The molecule has 1 aliphatic heterocycles. The molecular weight excluding hydrogens is 394 g/mol. The van der Waals surface area contributed by atoms with Crippen LogP contribution in [0.4, 0.5) is 0 Å². The van der Waals surface area contributed by atoms with Gasteiger partial charge in [-0.25, -0.2) is 14.3 Å². The van der Waals surface area contributed by atoms with Crippen molar-refractivity contribution in [1.82, 2.24) is 24.5 Å². The summed E-state index contributed by atoms with van der Waals surface area (Å²) in [4.78, 5) is 8.51. The quantitative estimate of drug-likeness (QED) is 0.660. The normalized spacial score (nSPS) is 18.1. The van der Waals surface area contributed by atoms with Gasteiger partial charge in [-0.2, -0.15) is 5.10 Å². The van der Waals surface area contributed by atoms with E-state index in [9.17, 15) is 4.21 Å². The van der Waals surface area contributed by atoms with Gasteiger partial charge in [0.15, 0.2) is 0 Å². The standard InChI is InChI=1S/C20H22ClN5OS/c1-28(2,27)26-11-8-15(9-12-26)20-18(17-7-10-22-13-23-17)19(24-25-20)14-3-5-16(21)6-4-14/h3-7,10,13,15H,1,8-9,11-12H2,2H3,(H,24,25). The van der Waals surface area contributed by atoms with Gasteiger partial charge in [0, 0.05) is 63.0 Å². The third-order valence-corrected chi connectivity index (χ3v) is 6.87. The molecule has 0 aliphatic carbocycles. The van der Waals surface area contributed by atoms with E-state index in [-0.39, 0.29) is 5.92 Å². The average Bonchev–Trinajstić information content (AvgIpc) is 3.14. The first-order chi connectivity index (χ1) is 13.4. The smallest absolute Gasteiger partial charge is 0.116 e. The van der Waals surface area contributed by atoms with E-state index in [1.165, 1.54) is 0 Å². The highest BCUT2D eigenvalue weighted by atomic mass is 35.5. The molecule has 0 amide bonds. The van der Waals surface area contributed by atoms with Crippen LogP contribution in [0.2, 0.25) is 5.02 Å². The Kier molecular flexibility index (Phi) is 5.23. The van der Waals surface area contributed by atoms with Crippen molar-refractivity contribution in [2.75, 3.05) is 19.3 Å². The van der Waals surface area contributed by atoms with Crippen molar-refractivity contribution in [2.45, 2.75) is 18.8 Å². The molecule has 1 aromatic carbocycles. The van der Waals surface area contributed by atoms with E-state index >= 15 is 0 Å². The lowest BCUT2D eigenvalue weighted by Crippen LogP contribution is -2.37. The molecule has 1 aliphatic rings. The monoisotopic (exact) mass is 415 g/mol. The lowest BCUT2D eigenvalue weighted by Gasteiger charge is -2.32. The molecule has 1 fully saturated rings. The molecule has 146 valence electrons. The van der Waals surface area contributed by atoms with Gasteiger partial charge in [-0.3, -0.25) is 9.31 Å². The number of rotatable bonds is 4. The van der Waals surface area contributed by atoms with Gasteiger partial charge >= 0.3 is 0 Å². The van der Waals surface area contributed by atoms with Gasteiger partial charge in [0.25, 0.3) is 0 Å². The SMILES string of the molecule is C=S(C)(=O)N1CCC(c2[nH]nc(-c3ccc(Cl)cc3)c2-c2ccncn2)CC1. The molecule has 6 nitrogen and oxygen atoms in total. The maximum atomic E-state index is 12.3. The van der Waals surface area contributed by atoms with E-state index in [1.54, 1.807) is 18.8 Å². The summed E-state index contributed by atoms with van der Waals surface area (Å²) in [5.41, 5.74) is 4.73. The summed E-state index contributed by atoms with van der Waals surface area (Å²) >= 11 is 6.05. The number of nitrogens with zero attached hydrogens (tertiary/aromatic N) is 4. The molecule has 0 spiro atoms. The summed E-state index contributed by atoms with van der Waals surface area (Å²) < 4.78 is 14.2. The van der Waals surface area contributed by atoms with Gasteiger partial charge in [-0.1, -0.05) is 23.7 Å². The largest absolute Gasteiger partial charge is 0.281 e. The van der Waals surface area contributed by atoms with Crippen LogP contribution in [0.15, 0.2) is 42.9 Å². The van der Waals surface area contributed by atoms with Gasteiger partial charge < -0.3 is 0 Å². The Morgan fingerprint density at radius 3 is 2.54 bits per heavy atom. The summed E-state index contributed by atoms with van der Waals surface area (Å²) in [5.74, 6) is 4.10. The maximum Gasteiger partial charge on any atom is 0.116 e. The first-order valence-corrected chi connectivity index (χ1v) is 11.6. The number of hydrogen-bond donors (Lipinski definition) is 1. The Labute approximate surface area is 170 Å². The lowest BCUT2D eigenvalue weighted by atomic mass is 9.89. The van der Waals surface area contributed by atoms with E-state index in [0.717, 1.165) is 54.1 Å². The molecule has 0 radical (unpaired) electrons. The van der Waals surface area contributed by atoms with Crippen molar-refractivity contribution in [1.29, 1.82) is 0 Å². The molecule has 2 aromatic heterocycles. The van der Waals surface area contributed by atoms with E-state index in [1.807, 2.05) is 34.6 Å². The van der Waals surface area contributed by atoms with Crippen molar-refractivity contribution in [3.8, 4) is 22.5 Å². The number of nitrogens with one attached hydrogen (secondary N) is 1. The second kappa shape index (κ2) is 7.66. The zero-order valence-corrected chi connectivity index (χ0v) is 17.2. The van der Waals surface area contributed by atoms with E-state index in [4.69, 9.17) is 11.6 Å². The predicted octanol–water partition coefficient (Wildman–Crippen LogP) is 3.63. The minimum atomic E-state index is -2.16. The molecule has 1 saturated heterocycles. The lowest BCUT2D eigenvalue weighted by molar-refractivity contribution is 0.331. The molecule has 4 rings (SSSR count). The zero-order valence-electron chi connectivity index (χ0n) is 15.6. The minimum absolute atomic E-state index is 0.288. The summed E-state index contributed by atoms with van der Waals surface area (Å²) in [7, 11) is -2.16. The Morgan fingerprint density at radius 2 is 1.93 bits per heavy atom. The highest BCUT2D eigenvalue weighted by Crippen LogP contribution is 2.39.